The maximum Gasteiger partial charge on any atom is 0.442 e. The largest absolute Gasteiger partial charge is 0.466 e. The van der Waals surface area contributed by atoms with Crippen molar-refractivity contribution in [3.05, 3.63) is 45.9 Å². The second-order valence-corrected chi connectivity index (χ2v) is 6.41. The number of thiazole rings is 1. The Bertz CT molecular complexity index is 810. The zero-order valence-electron chi connectivity index (χ0n) is 13.5. The van der Waals surface area contributed by atoms with Crippen molar-refractivity contribution in [3.63, 3.8) is 0 Å². The number of carbonyl (C=O) groups excluding carboxylic acids is 2. The molecule has 0 saturated heterocycles. The molecule has 2 aromatic rings. The van der Waals surface area contributed by atoms with Gasteiger partial charge in [0.05, 0.1) is 12.8 Å². The molecule has 140 valence electrons. The predicted octanol–water partition coefficient (Wildman–Crippen LogP) is 3.38. The number of nitrogens with zero attached hydrogens (tertiary/aromatic N) is 1. The summed E-state index contributed by atoms with van der Waals surface area (Å²) in [6, 6.07) is 5.12. The number of nitrogens with one attached hydrogen (secondary N) is 2. The maximum atomic E-state index is 13.8. The number of aryl methyl sites for hydroxylation is 1. The Hall–Kier alpha value is -2.33. The Morgan fingerprint density at radius 3 is 2.31 bits per heavy atom. The molecule has 2 N–H and O–H groups in total. The van der Waals surface area contributed by atoms with Crippen LogP contribution in [0.4, 0.5) is 18.3 Å². The number of amides is 1. The van der Waals surface area contributed by atoms with Crippen molar-refractivity contribution >= 4 is 39.9 Å². The fourth-order valence-electron chi connectivity index (χ4n) is 1.96. The SMILES string of the molecule is COC(=O)[C@](NC(=O)c1ccc(Cl)cc1)(Nc1nc(C)cs1)C(F)(F)F. The van der Waals surface area contributed by atoms with Gasteiger partial charge in [-0.2, -0.15) is 13.2 Å². The van der Waals surface area contributed by atoms with Crippen LogP contribution in [0, 0.1) is 6.92 Å². The quantitative estimate of drug-likeness (QED) is 0.586. The first-order valence-corrected chi connectivity index (χ1v) is 8.28. The molecule has 1 aromatic heterocycles. The number of rotatable bonds is 5. The summed E-state index contributed by atoms with van der Waals surface area (Å²) in [5.41, 5.74) is -3.19. The van der Waals surface area contributed by atoms with Gasteiger partial charge in [0.25, 0.3) is 5.91 Å². The van der Waals surface area contributed by atoms with Crippen LogP contribution in [0.1, 0.15) is 16.1 Å². The lowest BCUT2D eigenvalue weighted by Gasteiger charge is -2.34. The van der Waals surface area contributed by atoms with Crippen LogP contribution in [-0.4, -0.2) is 35.8 Å². The highest BCUT2D eigenvalue weighted by atomic mass is 35.5. The molecular formula is C15H13ClF3N3O3S. The molecule has 6 nitrogen and oxygen atoms in total. The number of aromatic nitrogens is 1. The molecule has 0 aliphatic carbocycles. The van der Waals surface area contributed by atoms with Crippen LogP contribution in [0.15, 0.2) is 29.6 Å². The van der Waals surface area contributed by atoms with Crippen molar-refractivity contribution in [2.24, 2.45) is 0 Å². The summed E-state index contributed by atoms with van der Waals surface area (Å²) >= 11 is 6.55. The molecule has 26 heavy (non-hydrogen) atoms. The average molecular weight is 408 g/mol. The van der Waals surface area contributed by atoms with E-state index in [9.17, 15) is 22.8 Å². The average Bonchev–Trinajstić information content (AvgIpc) is 2.97. The number of methoxy groups -OCH3 is 1. The maximum absolute atomic E-state index is 13.8. The number of hydrogen-bond donors (Lipinski definition) is 2. The molecule has 1 aromatic carbocycles. The molecule has 0 unspecified atom stereocenters. The Kier molecular flexibility index (Phi) is 5.77. The first-order chi connectivity index (χ1) is 12.1. The van der Waals surface area contributed by atoms with E-state index in [0.717, 1.165) is 18.4 Å². The zero-order chi connectivity index (χ0) is 19.5. The van der Waals surface area contributed by atoms with Gasteiger partial charge in [-0.3, -0.25) is 4.79 Å². The summed E-state index contributed by atoms with van der Waals surface area (Å²) in [7, 11) is 0.784. The van der Waals surface area contributed by atoms with Gasteiger partial charge in [0, 0.05) is 16.0 Å². The Morgan fingerprint density at radius 2 is 1.85 bits per heavy atom. The van der Waals surface area contributed by atoms with Crippen molar-refractivity contribution < 1.29 is 27.5 Å². The molecule has 1 atom stereocenters. The fraction of sp³-hybridized carbons (Fsp3) is 0.267. The molecule has 0 radical (unpaired) electrons. The minimum atomic E-state index is -5.22. The number of carbonyl (C=O) groups is 2. The zero-order valence-corrected chi connectivity index (χ0v) is 15.1. The van der Waals surface area contributed by atoms with Crippen molar-refractivity contribution in [3.8, 4) is 0 Å². The van der Waals surface area contributed by atoms with E-state index in [4.69, 9.17) is 11.6 Å². The first kappa shape index (κ1) is 20.0. The monoisotopic (exact) mass is 407 g/mol. The molecule has 2 rings (SSSR count). The van der Waals surface area contributed by atoms with Crippen LogP contribution in [0.25, 0.3) is 0 Å². The molecule has 0 fully saturated rings. The minimum absolute atomic E-state index is 0.121. The normalized spacial score (nSPS) is 13.6. The molecule has 0 spiro atoms. The van der Waals surface area contributed by atoms with Crippen LogP contribution in [-0.2, 0) is 9.53 Å². The Balaban J connectivity index is 2.45. The van der Waals surface area contributed by atoms with E-state index in [2.05, 4.69) is 9.72 Å². The van der Waals surface area contributed by atoms with E-state index >= 15 is 0 Å². The molecule has 0 saturated carbocycles. The van der Waals surface area contributed by atoms with Crippen molar-refractivity contribution in [1.29, 1.82) is 0 Å². The molecule has 1 amide bonds. The highest BCUT2D eigenvalue weighted by Crippen LogP contribution is 2.34. The van der Waals surface area contributed by atoms with Gasteiger partial charge < -0.3 is 15.4 Å². The fourth-order valence-corrected chi connectivity index (χ4v) is 2.83. The van der Waals surface area contributed by atoms with Crippen LogP contribution in [0.5, 0.6) is 0 Å². The van der Waals surface area contributed by atoms with E-state index in [1.54, 1.807) is 12.2 Å². The van der Waals surface area contributed by atoms with E-state index in [0.29, 0.717) is 10.7 Å². The lowest BCUT2D eigenvalue weighted by atomic mass is 10.1. The smallest absolute Gasteiger partial charge is 0.442 e. The predicted molar refractivity (Wildman–Crippen MR) is 90.2 cm³/mol. The van der Waals surface area contributed by atoms with E-state index in [1.807, 2.05) is 5.32 Å². The third-order valence-electron chi connectivity index (χ3n) is 3.24. The Morgan fingerprint density at radius 1 is 1.23 bits per heavy atom. The van der Waals surface area contributed by atoms with Crippen molar-refractivity contribution in [2.45, 2.75) is 18.8 Å². The molecule has 0 aliphatic rings. The number of anilines is 1. The number of ether oxygens (including phenoxy) is 1. The van der Waals surface area contributed by atoms with Crippen LogP contribution in [0.3, 0.4) is 0 Å². The number of esters is 1. The second-order valence-electron chi connectivity index (χ2n) is 5.12. The highest BCUT2D eigenvalue weighted by molar-refractivity contribution is 7.13. The summed E-state index contributed by atoms with van der Waals surface area (Å²) in [6.45, 7) is 1.57. The topological polar surface area (TPSA) is 80.3 Å². The minimum Gasteiger partial charge on any atom is -0.466 e. The summed E-state index contributed by atoms with van der Waals surface area (Å²) in [6.07, 6.45) is -5.22. The summed E-state index contributed by atoms with van der Waals surface area (Å²) in [5, 5.41) is 5.23. The number of benzene rings is 1. The van der Waals surface area contributed by atoms with Crippen LogP contribution >= 0.6 is 22.9 Å². The van der Waals surface area contributed by atoms with E-state index < -0.39 is 23.7 Å². The molecular weight excluding hydrogens is 395 g/mol. The van der Waals surface area contributed by atoms with Gasteiger partial charge in [0.1, 0.15) is 0 Å². The van der Waals surface area contributed by atoms with Crippen LogP contribution in [0.2, 0.25) is 5.02 Å². The van der Waals surface area contributed by atoms with Crippen molar-refractivity contribution in [2.75, 3.05) is 12.4 Å². The highest BCUT2D eigenvalue weighted by Gasteiger charge is 2.64. The van der Waals surface area contributed by atoms with Crippen molar-refractivity contribution in [1.82, 2.24) is 10.3 Å². The molecule has 11 heteroatoms. The van der Waals surface area contributed by atoms with Gasteiger partial charge in [-0.05, 0) is 31.2 Å². The Labute approximate surface area is 155 Å². The number of halogens is 4. The standard InChI is InChI=1S/C15H13ClF3N3O3S/c1-8-7-26-13(20-8)22-14(12(24)25-2,15(17,18)19)21-11(23)9-3-5-10(16)6-4-9/h3-7H,1-2H3,(H,20,22)(H,21,23)/t14-/m0/s1. The lowest BCUT2D eigenvalue weighted by Crippen LogP contribution is -2.69. The molecule has 1 heterocycles. The van der Waals surface area contributed by atoms with Crippen LogP contribution < -0.4 is 10.6 Å². The number of hydrogen-bond acceptors (Lipinski definition) is 6. The summed E-state index contributed by atoms with van der Waals surface area (Å²) in [5.74, 6) is -2.88. The second kappa shape index (κ2) is 7.50. The molecule has 0 bridgehead atoms. The number of alkyl halides is 3. The summed E-state index contributed by atoms with van der Waals surface area (Å²) < 4.78 is 45.8. The lowest BCUT2D eigenvalue weighted by molar-refractivity contribution is -0.203. The van der Waals surface area contributed by atoms with Gasteiger partial charge >= 0.3 is 17.8 Å². The van der Waals surface area contributed by atoms with E-state index in [-0.39, 0.29) is 10.7 Å². The first-order valence-electron chi connectivity index (χ1n) is 7.02. The summed E-state index contributed by atoms with van der Waals surface area (Å²) in [4.78, 5) is 28.2. The molecule has 0 aliphatic heterocycles. The van der Waals surface area contributed by atoms with Gasteiger partial charge in [-0.25, -0.2) is 9.78 Å². The van der Waals surface area contributed by atoms with Gasteiger partial charge in [-0.1, -0.05) is 11.6 Å². The van der Waals surface area contributed by atoms with Gasteiger partial charge in [-0.15, -0.1) is 11.3 Å². The van der Waals surface area contributed by atoms with Gasteiger partial charge in [0.2, 0.25) is 0 Å². The van der Waals surface area contributed by atoms with Gasteiger partial charge in [0.15, 0.2) is 5.13 Å². The third-order valence-corrected chi connectivity index (χ3v) is 4.37. The van der Waals surface area contributed by atoms with E-state index in [1.165, 1.54) is 29.6 Å². The third kappa shape index (κ3) is 4.07.